The number of methoxy groups -OCH3 is 1. The van der Waals surface area contributed by atoms with E-state index < -0.39 is 28.2 Å². The highest BCUT2D eigenvalue weighted by atomic mass is 35.5. The quantitative estimate of drug-likeness (QED) is 0.665. The largest absolute Gasteiger partial charge is 0.495 e. The van der Waals surface area contributed by atoms with Crippen molar-refractivity contribution in [3.05, 3.63) is 24.3 Å². The zero-order valence-corrected chi connectivity index (χ0v) is 13.1. The molecule has 1 aromatic carbocycles. The number of anilines is 1. The van der Waals surface area contributed by atoms with Gasteiger partial charge in [0, 0.05) is 6.42 Å². The molecule has 0 spiro atoms. The van der Waals surface area contributed by atoms with E-state index in [-0.39, 0.29) is 0 Å². The lowest BCUT2D eigenvalue weighted by atomic mass is 10.1. The molecule has 0 aromatic heterocycles. The number of hydrogen-bond donors (Lipinski definition) is 1. The highest BCUT2D eigenvalue weighted by Gasteiger charge is 2.69. The van der Waals surface area contributed by atoms with Crippen molar-refractivity contribution >= 4 is 40.8 Å². The number of rotatable bonds is 5. The summed E-state index contributed by atoms with van der Waals surface area (Å²) in [6.07, 6.45) is 0.316. The third-order valence-corrected chi connectivity index (χ3v) is 4.53. The van der Waals surface area contributed by atoms with Gasteiger partial charge >= 0.3 is 5.97 Å². The van der Waals surface area contributed by atoms with E-state index in [1.54, 1.807) is 31.2 Å². The van der Waals surface area contributed by atoms with Gasteiger partial charge < -0.3 is 14.8 Å². The van der Waals surface area contributed by atoms with E-state index in [9.17, 15) is 9.59 Å². The molecule has 0 bridgehead atoms. The molecule has 0 aliphatic heterocycles. The second-order valence-electron chi connectivity index (χ2n) is 5.04. The minimum atomic E-state index is -1.11. The van der Waals surface area contributed by atoms with E-state index in [1.165, 1.54) is 7.11 Å². The fourth-order valence-corrected chi connectivity index (χ4v) is 2.53. The Labute approximate surface area is 132 Å². The first-order chi connectivity index (χ1) is 9.80. The lowest BCUT2D eigenvalue weighted by Gasteiger charge is -2.13. The van der Waals surface area contributed by atoms with E-state index >= 15 is 0 Å². The Kier molecular flexibility index (Phi) is 4.35. The number of halogens is 2. The van der Waals surface area contributed by atoms with Crippen LogP contribution in [0.25, 0.3) is 0 Å². The maximum atomic E-state index is 11.8. The van der Waals surface area contributed by atoms with Crippen LogP contribution in [0.1, 0.15) is 13.3 Å². The van der Waals surface area contributed by atoms with Crippen LogP contribution >= 0.6 is 23.2 Å². The summed E-state index contributed by atoms with van der Waals surface area (Å²) in [5.74, 6) is -0.526. The van der Waals surface area contributed by atoms with Gasteiger partial charge in [-0.2, -0.15) is 0 Å². The molecule has 1 aromatic rings. The van der Waals surface area contributed by atoms with Crippen LogP contribution in [0.4, 0.5) is 5.69 Å². The number of esters is 1. The van der Waals surface area contributed by atoms with E-state index in [2.05, 4.69) is 5.32 Å². The Bertz CT molecular complexity index is 576. The molecular formula is C14H15Cl2NO4. The van der Waals surface area contributed by atoms with Crippen molar-refractivity contribution in [2.24, 2.45) is 5.41 Å². The van der Waals surface area contributed by atoms with Crippen LogP contribution in [-0.2, 0) is 14.3 Å². The number of carbonyl (C=O) groups excluding carboxylic acids is 2. The van der Waals surface area contributed by atoms with Crippen LogP contribution in [0.2, 0.25) is 0 Å². The van der Waals surface area contributed by atoms with Gasteiger partial charge in [0.2, 0.25) is 0 Å². The zero-order chi connectivity index (χ0) is 15.7. The molecule has 114 valence electrons. The molecule has 1 N–H and O–H groups in total. The van der Waals surface area contributed by atoms with Gasteiger partial charge in [0.15, 0.2) is 6.61 Å². The second kappa shape index (κ2) is 5.73. The summed E-state index contributed by atoms with van der Waals surface area (Å²) in [6, 6.07) is 6.93. The smallest absolute Gasteiger partial charge is 0.315 e. The lowest BCUT2D eigenvalue weighted by molar-refractivity contribution is -0.152. The SMILES string of the molecule is COc1ccccc1NC(=O)COC(=O)[C@]1(C)CC1(Cl)Cl. The Morgan fingerprint density at radius 3 is 2.52 bits per heavy atom. The van der Waals surface area contributed by atoms with E-state index in [0.717, 1.165) is 0 Å². The molecule has 1 fully saturated rings. The Balaban J connectivity index is 1.87. The molecule has 0 unspecified atom stereocenters. The second-order valence-corrected chi connectivity index (χ2v) is 6.52. The Morgan fingerprint density at radius 2 is 1.95 bits per heavy atom. The van der Waals surface area contributed by atoms with Crippen LogP contribution in [0.5, 0.6) is 5.75 Å². The summed E-state index contributed by atoms with van der Waals surface area (Å²) < 4.78 is 8.95. The molecule has 5 nitrogen and oxygen atoms in total. The van der Waals surface area contributed by atoms with E-state index in [0.29, 0.717) is 17.9 Å². The average molecular weight is 332 g/mol. The van der Waals surface area contributed by atoms with Crippen molar-refractivity contribution in [1.29, 1.82) is 0 Å². The van der Waals surface area contributed by atoms with Gasteiger partial charge in [-0.05, 0) is 19.1 Å². The zero-order valence-electron chi connectivity index (χ0n) is 11.6. The Hall–Kier alpha value is -1.46. The topological polar surface area (TPSA) is 64.6 Å². The van der Waals surface area contributed by atoms with E-state index in [1.807, 2.05) is 0 Å². The van der Waals surface area contributed by atoms with Gasteiger partial charge in [0.05, 0.1) is 12.8 Å². The molecule has 7 heteroatoms. The summed E-state index contributed by atoms with van der Waals surface area (Å²) in [5.41, 5.74) is -0.441. The summed E-state index contributed by atoms with van der Waals surface area (Å²) in [4.78, 5) is 23.6. The predicted octanol–water partition coefficient (Wildman–Crippen LogP) is 2.76. The highest BCUT2D eigenvalue weighted by Crippen LogP contribution is 2.64. The van der Waals surface area contributed by atoms with Crippen LogP contribution in [-0.4, -0.2) is 29.9 Å². The molecule has 0 saturated heterocycles. The van der Waals surface area contributed by atoms with Gasteiger partial charge in [-0.25, -0.2) is 0 Å². The third-order valence-electron chi connectivity index (χ3n) is 3.42. The van der Waals surface area contributed by atoms with Gasteiger partial charge in [0.25, 0.3) is 5.91 Å². The summed E-state index contributed by atoms with van der Waals surface area (Å²) in [5, 5.41) is 2.60. The Morgan fingerprint density at radius 1 is 1.33 bits per heavy atom. The summed E-state index contributed by atoms with van der Waals surface area (Å²) >= 11 is 11.8. The molecular weight excluding hydrogens is 317 g/mol. The number of carbonyl (C=O) groups is 2. The van der Waals surface area contributed by atoms with Crippen LogP contribution in [0.3, 0.4) is 0 Å². The molecule has 1 amide bonds. The molecule has 1 atom stereocenters. The molecule has 2 rings (SSSR count). The number of benzene rings is 1. The minimum absolute atomic E-state index is 0.316. The summed E-state index contributed by atoms with van der Waals surface area (Å²) in [7, 11) is 1.50. The first-order valence-corrected chi connectivity index (χ1v) is 7.04. The van der Waals surface area contributed by atoms with Crippen LogP contribution in [0.15, 0.2) is 24.3 Å². The van der Waals surface area contributed by atoms with Gasteiger partial charge in [0.1, 0.15) is 15.5 Å². The number of ether oxygens (including phenoxy) is 2. The molecule has 1 aliphatic carbocycles. The molecule has 0 heterocycles. The first-order valence-electron chi connectivity index (χ1n) is 6.28. The normalized spacial score (nSPS) is 22.3. The van der Waals surface area contributed by atoms with Crippen LogP contribution < -0.4 is 10.1 Å². The minimum Gasteiger partial charge on any atom is -0.495 e. The summed E-state index contributed by atoms with van der Waals surface area (Å²) in [6.45, 7) is 1.20. The van der Waals surface area contributed by atoms with Crippen LogP contribution in [0, 0.1) is 5.41 Å². The number of amides is 1. The van der Waals surface area contributed by atoms with Crippen molar-refractivity contribution in [2.45, 2.75) is 17.7 Å². The van der Waals surface area contributed by atoms with Crippen molar-refractivity contribution in [3.8, 4) is 5.75 Å². The van der Waals surface area contributed by atoms with Gasteiger partial charge in [-0.15, -0.1) is 23.2 Å². The maximum Gasteiger partial charge on any atom is 0.315 e. The first kappa shape index (κ1) is 15.9. The third kappa shape index (κ3) is 3.24. The maximum absolute atomic E-state index is 11.8. The molecule has 1 saturated carbocycles. The molecule has 0 radical (unpaired) electrons. The molecule has 1 aliphatic rings. The average Bonchev–Trinajstić information content (AvgIpc) is 2.97. The number of hydrogen-bond acceptors (Lipinski definition) is 4. The van der Waals surface area contributed by atoms with Crippen molar-refractivity contribution < 1.29 is 19.1 Å². The standard InChI is InChI=1S/C14H15Cl2NO4/c1-13(8-14(13,15)16)12(19)21-7-11(18)17-9-5-3-4-6-10(9)20-2/h3-6H,7-8H2,1-2H3,(H,17,18)/t13-/m0/s1. The fourth-order valence-electron chi connectivity index (χ4n) is 1.85. The van der Waals surface area contributed by atoms with E-state index in [4.69, 9.17) is 32.7 Å². The fraction of sp³-hybridized carbons (Fsp3) is 0.429. The van der Waals surface area contributed by atoms with Gasteiger partial charge in [-0.3, -0.25) is 9.59 Å². The van der Waals surface area contributed by atoms with Gasteiger partial charge in [-0.1, -0.05) is 12.1 Å². The van der Waals surface area contributed by atoms with Crippen molar-refractivity contribution in [3.63, 3.8) is 0 Å². The van der Waals surface area contributed by atoms with Crippen molar-refractivity contribution in [2.75, 3.05) is 19.0 Å². The number of nitrogens with one attached hydrogen (secondary N) is 1. The predicted molar refractivity (Wildman–Crippen MR) is 79.7 cm³/mol. The monoisotopic (exact) mass is 331 g/mol. The van der Waals surface area contributed by atoms with Crippen molar-refractivity contribution in [1.82, 2.24) is 0 Å². The lowest BCUT2D eigenvalue weighted by Crippen LogP contribution is -2.26. The highest BCUT2D eigenvalue weighted by molar-refractivity contribution is 6.53. The number of para-hydroxylation sites is 2. The number of alkyl halides is 2. The molecule has 21 heavy (non-hydrogen) atoms.